The first-order valence-electron chi connectivity index (χ1n) is 9.92. The summed E-state index contributed by atoms with van der Waals surface area (Å²) in [5.41, 5.74) is 4.38. The van der Waals surface area contributed by atoms with E-state index in [-0.39, 0.29) is 5.91 Å². The van der Waals surface area contributed by atoms with Crippen molar-refractivity contribution in [2.75, 3.05) is 26.2 Å². The lowest BCUT2D eigenvalue weighted by molar-refractivity contribution is -0.917. The number of piperazine rings is 1. The third kappa shape index (κ3) is 4.21. The minimum atomic E-state index is -0.0340. The van der Waals surface area contributed by atoms with E-state index in [0.717, 1.165) is 25.2 Å². The topological polar surface area (TPSA) is 50.8 Å². The first-order chi connectivity index (χ1) is 14.0. The van der Waals surface area contributed by atoms with Gasteiger partial charge in [-0.2, -0.15) is 0 Å². The van der Waals surface area contributed by atoms with Crippen molar-refractivity contribution in [3.8, 4) is 11.3 Å². The summed E-state index contributed by atoms with van der Waals surface area (Å²) in [7, 11) is 0. The molecule has 1 saturated heterocycles. The first-order valence-corrected chi connectivity index (χ1v) is 10.3. The maximum absolute atomic E-state index is 13.3. The molecule has 1 N–H and O–H groups in total. The maximum Gasteiger partial charge on any atom is 0.260 e. The average molecular weight is 411 g/mol. The molecule has 5 nitrogen and oxygen atoms in total. The summed E-state index contributed by atoms with van der Waals surface area (Å²) in [4.78, 5) is 16.7. The molecular weight excluding hydrogens is 386 g/mol. The molecule has 1 amide bonds. The Morgan fingerprint density at radius 1 is 1.14 bits per heavy atom. The van der Waals surface area contributed by atoms with Crippen LogP contribution >= 0.6 is 11.6 Å². The summed E-state index contributed by atoms with van der Waals surface area (Å²) in [5.74, 6) is 0.493. The van der Waals surface area contributed by atoms with Crippen LogP contribution in [-0.4, -0.2) is 42.1 Å². The molecule has 0 saturated carbocycles. The van der Waals surface area contributed by atoms with E-state index in [4.69, 9.17) is 16.1 Å². The molecule has 2 heterocycles. The van der Waals surface area contributed by atoms with Crippen molar-refractivity contribution in [1.82, 2.24) is 10.1 Å². The van der Waals surface area contributed by atoms with E-state index in [1.165, 1.54) is 16.0 Å². The smallest absolute Gasteiger partial charge is 0.260 e. The average Bonchev–Trinajstić information content (AvgIpc) is 3.09. The molecule has 1 fully saturated rings. The van der Waals surface area contributed by atoms with Gasteiger partial charge in [-0.1, -0.05) is 64.8 Å². The van der Waals surface area contributed by atoms with Gasteiger partial charge >= 0.3 is 0 Å². The molecule has 1 aromatic heterocycles. The summed E-state index contributed by atoms with van der Waals surface area (Å²) >= 11 is 6.33. The number of quaternary nitrogens is 1. The predicted octanol–water partition coefficient (Wildman–Crippen LogP) is 3.15. The van der Waals surface area contributed by atoms with Gasteiger partial charge in [0.15, 0.2) is 0 Å². The molecular formula is C23H25ClN3O2+. The highest BCUT2D eigenvalue weighted by atomic mass is 35.5. The van der Waals surface area contributed by atoms with Gasteiger partial charge in [-0.15, -0.1) is 0 Å². The SMILES string of the molecule is Cc1cccc(C[NH+]2CCN(C(=O)c3c(-c4ccccc4Cl)noc3C)CC2)c1. The van der Waals surface area contributed by atoms with Crippen LogP contribution in [0.3, 0.4) is 0 Å². The summed E-state index contributed by atoms with van der Waals surface area (Å²) in [6, 6.07) is 16.0. The van der Waals surface area contributed by atoms with Gasteiger partial charge in [-0.25, -0.2) is 0 Å². The fraction of sp³-hybridized carbons (Fsp3) is 0.304. The molecule has 0 bridgehead atoms. The lowest BCUT2D eigenvalue weighted by Gasteiger charge is -2.32. The van der Waals surface area contributed by atoms with Gasteiger partial charge in [0.2, 0.25) is 0 Å². The van der Waals surface area contributed by atoms with Crippen molar-refractivity contribution in [3.63, 3.8) is 0 Å². The second-order valence-electron chi connectivity index (χ2n) is 7.65. The van der Waals surface area contributed by atoms with Gasteiger partial charge in [0.1, 0.15) is 23.6 Å². The summed E-state index contributed by atoms with van der Waals surface area (Å²) in [6.45, 7) is 8.16. The molecule has 1 aliphatic heterocycles. The van der Waals surface area contributed by atoms with E-state index >= 15 is 0 Å². The third-order valence-electron chi connectivity index (χ3n) is 5.50. The second-order valence-corrected chi connectivity index (χ2v) is 8.06. The number of aryl methyl sites for hydroxylation is 2. The molecule has 150 valence electrons. The highest BCUT2D eigenvalue weighted by Gasteiger charge is 2.30. The zero-order chi connectivity index (χ0) is 20.4. The molecule has 0 atom stereocenters. The van der Waals surface area contributed by atoms with E-state index < -0.39 is 0 Å². The Morgan fingerprint density at radius 3 is 2.62 bits per heavy atom. The maximum atomic E-state index is 13.3. The number of amides is 1. The Balaban J connectivity index is 1.47. The lowest BCUT2D eigenvalue weighted by Crippen LogP contribution is -3.13. The summed E-state index contributed by atoms with van der Waals surface area (Å²) < 4.78 is 5.37. The largest absolute Gasteiger partial charge is 0.360 e. The molecule has 3 aromatic rings. The number of nitrogens with zero attached hydrogens (tertiary/aromatic N) is 2. The number of carbonyl (C=O) groups excluding carboxylic acids is 1. The van der Waals surface area contributed by atoms with Gasteiger partial charge in [-0.05, 0) is 19.9 Å². The van der Waals surface area contributed by atoms with E-state index in [9.17, 15) is 4.79 Å². The number of benzene rings is 2. The number of hydrogen-bond donors (Lipinski definition) is 1. The fourth-order valence-electron chi connectivity index (χ4n) is 3.93. The molecule has 2 aromatic carbocycles. The van der Waals surface area contributed by atoms with E-state index in [2.05, 4.69) is 36.3 Å². The van der Waals surface area contributed by atoms with Crippen LogP contribution < -0.4 is 4.90 Å². The van der Waals surface area contributed by atoms with Crippen LogP contribution in [0.15, 0.2) is 53.1 Å². The monoisotopic (exact) mass is 410 g/mol. The first kappa shape index (κ1) is 19.7. The fourth-order valence-corrected chi connectivity index (χ4v) is 4.16. The van der Waals surface area contributed by atoms with Crippen LogP contribution in [0.4, 0.5) is 0 Å². The number of rotatable bonds is 4. The lowest BCUT2D eigenvalue weighted by atomic mass is 10.0. The van der Waals surface area contributed by atoms with E-state index in [1.807, 2.05) is 23.1 Å². The molecule has 0 radical (unpaired) electrons. The quantitative estimate of drug-likeness (QED) is 0.718. The molecule has 0 aliphatic carbocycles. The standard InChI is InChI=1S/C23H24ClN3O2/c1-16-6-5-7-18(14-16)15-26-10-12-27(13-11-26)23(28)21-17(2)29-25-22(21)19-8-3-4-9-20(19)24/h3-9,14H,10-13,15H2,1-2H3/p+1. The molecule has 0 unspecified atom stereocenters. The third-order valence-corrected chi connectivity index (χ3v) is 5.83. The van der Waals surface area contributed by atoms with Crippen molar-refractivity contribution in [2.24, 2.45) is 0 Å². The van der Waals surface area contributed by atoms with Crippen molar-refractivity contribution >= 4 is 17.5 Å². The van der Waals surface area contributed by atoms with Crippen molar-refractivity contribution in [2.45, 2.75) is 20.4 Å². The van der Waals surface area contributed by atoms with Crippen molar-refractivity contribution < 1.29 is 14.2 Å². The van der Waals surface area contributed by atoms with E-state index in [1.54, 1.807) is 13.0 Å². The Kier molecular flexibility index (Phi) is 5.69. The molecule has 0 spiro atoms. The minimum absolute atomic E-state index is 0.0340. The van der Waals surface area contributed by atoms with E-state index in [0.29, 0.717) is 35.1 Å². The normalized spacial score (nSPS) is 14.9. The van der Waals surface area contributed by atoms with Gasteiger partial charge in [0.05, 0.1) is 31.2 Å². The Labute approximate surface area is 175 Å². The zero-order valence-corrected chi connectivity index (χ0v) is 17.5. The van der Waals surface area contributed by atoms with Crippen LogP contribution in [0.2, 0.25) is 5.02 Å². The summed E-state index contributed by atoms with van der Waals surface area (Å²) in [5, 5.41) is 4.69. The van der Waals surface area contributed by atoms with Gasteiger partial charge in [-0.3, -0.25) is 4.79 Å². The molecule has 29 heavy (non-hydrogen) atoms. The number of halogens is 1. The summed E-state index contributed by atoms with van der Waals surface area (Å²) in [6.07, 6.45) is 0. The Hall–Kier alpha value is -2.63. The van der Waals surface area contributed by atoms with Crippen molar-refractivity contribution in [1.29, 1.82) is 0 Å². The van der Waals surface area contributed by atoms with Crippen LogP contribution in [0, 0.1) is 13.8 Å². The Bertz CT molecular complexity index is 1020. The number of aromatic nitrogens is 1. The van der Waals surface area contributed by atoms with Crippen molar-refractivity contribution in [3.05, 3.63) is 76.0 Å². The van der Waals surface area contributed by atoms with Crippen LogP contribution in [0.5, 0.6) is 0 Å². The molecule has 1 aliphatic rings. The number of carbonyl (C=O) groups is 1. The van der Waals surface area contributed by atoms with Crippen LogP contribution in [-0.2, 0) is 6.54 Å². The predicted molar refractivity (Wildman–Crippen MR) is 113 cm³/mol. The van der Waals surface area contributed by atoms with Gasteiger partial charge in [0, 0.05) is 11.1 Å². The van der Waals surface area contributed by atoms with Gasteiger partial charge < -0.3 is 14.3 Å². The Morgan fingerprint density at radius 2 is 1.90 bits per heavy atom. The number of nitrogens with one attached hydrogen (secondary N) is 1. The number of hydrogen-bond acceptors (Lipinski definition) is 3. The minimum Gasteiger partial charge on any atom is -0.360 e. The molecule has 6 heteroatoms. The van der Waals surface area contributed by atoms with Gasteiger partial charge in [0.25, 0.3) is 5.91 Å². The zero-order valence-electron chi connectivity index (χ0n) is 16.7. The highest BCUT2D eigenvalue weighted by Crippen LogP contribution is 2.31. The highest BCUT2D eigenvalue weighted by molar-refractivity contribution is 6.33. The van der Waals surface area contributed by atoms with Crippen LogP contribution in [0.1, 0.15) is 27.2 Å². The molecule has 4 rings (SSSR count). The van der Waals surface area contributed by atoms with Crippen LogP contribution in [0.25, 0.3) is 11.3 Å². The second kappa shape index (κ2) is 8.39.